The van der Waals surface area contributed by atoms with Crippen LogP contribution in [0.2, 0.25) is 5.02 Å². The van der Waals surface area contributed by atoms with Crippen molar-refractivity contribution in [2.75, 3.05) is 13.2 Å². The average molecular weight is 446 g/mol. The van der Waals surface area contributed by atoms with Crippen molar-refractivity contribution in [3.05, 3.63) is 41.6 Å². The first-order valence-electron chi connectivity index (χ1n) is 12.3. The highest BCUT2D eigenvalue weighted by atomic mass is 35.5. The summed E-state index contributed by atoms with van der Waals surface area (Å²) in [6, 6.07) is 9.88. The van der Waals surface area contributed by atoms with Crippen molar-refractivity contribution in [2.24, 2.45) is 0 Å². The molecule has 0 saturated carbocycles. The molecule has 0 spiro atoms. The van der Waals surface area contributed by atoms with Crippen LogP contribution in [0.5, 0.6) is 11.5 Å². The molecule has 31 heavy (non-hydrogen) atoms. The van der Waals surface area contributed by atoms with E-state index in [0.717, 1.165) is 42.2 Å². The van der Waals surface area contributed by atoms with Crippen molar-refractivity contribution >= 4 is 11.6 Å². The molecule has 0 aliphatic rings. The van der Waals surface area contributed by atoms with Crippen LogP contribution in [0.1, 0.15) is 90.9 Å². The van der Waals surface area contributed by atoms with Crippen molar-refractivity contribution in [1.82, 2.24) is 4.98 Å². The number of halogens is 1. The highest BCUT2D eigenvalue weighted by Crippen LogP contribution is 2.30. The van der Waals surface area contributed by atoms with Gasteiger partial charge in [-0.15, -0.1) is 0 Å². The summed E-state index contributed by atoms with van der Waals surface area (Å²) in [6.07, 6.45) is 16.9. The van der Waals surface area contributed by atoms with E-state index in [-0.39, 0.29) is 0 Å². The number of hydrogen-bond donors (Lipinski definition) is 0. The third kappa shape index (κ3) is 10.4. The van der Waals surface area contributed by atoms with Crippen LogP contribution in [-0.2, 0) is 0 Å². The fraction of sp³-hybridized carbons (Fsp3) is 0.593. The van der Waals surface area contributed by atoms with Gasteiger partial charge in [0.15, 0.2) is 0 Å². The first-order valence-corrected chi connectivity index (χ1v) is 12.6. The van der Waals surface area contributed by atoms with E-state index in [0.29, 0.717) is 11.6 Å². The molecule has 0 fully saturated rings. The summed E-state index contributed by atoms with van der Waals surface area (Å²) in [7, 11) is 0. The van der Waals surface area contributed by atoms with E-state index in [1.807, 2.05) is 30.3 Å². The summed E-state index contributed by atoms with van der Waals surface area (Å²) >= 11 is 6.48. The van der Waals surface area contributed by atoms with Crippen LogP contribution in [0.15, 0.2) is 36.5 Å². The van der Waals surface area contributed by atoms with Crippen LogP contribution >= 0.6 is 11.6 Å². The summed E-state index contributed by atoms with van der Waals surface area (Å²) in [5, 5.41) is 0.612. The maximum absolute atomic E-state index is 6.48. The van der Waals surface area contributed by atoms with Gasteiger partial charge in [-0.3, -0.25) is 4.98 Å². The van der Waals surface area contributed by atoms with Gasteiger partial charge < -0.3 is 9.47 Å². The summed E-state index contributed by atoms with van der Waals surface area (Å²) in [5.41, 5.74) is 1.76. The maximum atomic E-state index is 6.48. The predicted octanol–water partition coefficient (Wildman–Crippen LogP) is 8.88. The Morgan fingerprint density at radius 2 is 1.19 bits per heavy atom. The van der Waals surface area contributed by atoms with Crippen LogP contribution in [0.3, 0.4) is 0 Å². The van der Waals surface area contributed by atoms with Crippen molar-refractivity contribution in [2.45, 2.75) is 90.9 Å². The zero-order valence-electron chi connectivity index (χ0n) is 19.5. The van der Waals surface area contributed by atoms with Crippen molar-refractivity contribution < 1.29 is 9.47 Å². The Hall–Kier alpha value is -1.74. The number of rotatable bonds is 17. The molecular formula is C27H40ClNO2. The van der Waals surface area contributed by atoms with Crippen LogP contribution in [0, 0.1) is 0 Å². The third-order valence-electron chi connectivity index (χ3n) is 5.48. The number of nitrogens with zero attached hydrogens (tertiary/aromatic N) is 1. The zero-order chi connectivity index (χ0) is 22.2. The highest BCUT2D eigenvalue weighted by molar-refractivity contribution is 6.33. The lowest BCUT2D eigenvalue weighted by Gasteiger charge is -2.10. The number of unbranched alkanes of at least 4 members (excludes halogenated alkanes) is 10. The molecule has 1 heterocycles. The summed E-state index contributed by atoms with van der Waals surface area (Å²) in [4.78, 5) is 4.53. The fourth-order valence-electron chi connectivity index (χ4n) is 3.57. The van der Waals surface area contributed by atoms with Gasteiger partial charge in [0.2, 0.25) is 0 Å². The van der Waals surface area contributed by atoms with E-state index in [1.165, 1.54) is 64.2 Å². The molecule has 0 unspecified atom stereocenters. The monoisotopic (exact) mass is 445 g/mol. The van der Waals surface area contributed by atoms with Crippen molar-refractivity contribution in [3.8, 4) is 22.8 Å². The average Bonchev–Trinajstić information content (AvgIpc) is 2.78. The highest BCUT2D eigenvalue weighted by Gasteiger charge is 2.08. The minimum absolute atomic E-state index is 0.612. The number of ether oxygens (including phenoxy) is 2. The second-order valence-corrected chi connectivity index (χ2v) is 8.67. The van der Waals surface area contributed by atoms with Crippen LogP contribution in [0.4, 0.5) is 0 Å². The molecule has 0 aliphatic heterocycles. The van der Waals surface area contributed by atoms with E-state index >= 15 is 0 Å². The minimum atomic E-state index is 0.612. The molecule has 3 nitrogen and oxygen atoms in total. The number of hydrogen-bond acceptors (Lipinski definition) is 3. The van der Waals surface area contributed by atoms with Crippen molar-refractivity contribution in [1.29, 1.82) is 0 Å². The zero-order valence-corrected chi connectivity index (χ0v) is 20.3. The Labute approximate surface area is 194 Å². The second-order valence-electron chi connectivity index (χ2n) is 8.26. The van der Waals surface area contributed by atoms with Crippen LogP contribution in [-0.4, -0.2) is 18.2 Å². The molecule has 0 radical (unpaired) electrons. The second kappa shape index (κ2) is 16.0. The molecule has 0 N–H and O–H groups in total. The number of pyridine rings is 1. The van der Waals surface area contributed by atoms with E-state index in [9.17, 15) is 0 Å². The van der Waals surface area contributed by atoms with Gasteiger partial charge >= 0.3 is 0 Å². The summed E-state index contributed by atoms with van der Waals surface area (Å²) in [5.74, 6) is 1.63. The smallest absolute Gasteiger partial charge is 0.139 e. The molecule has 0 saturated heterocycles. The van der Waals surface area contributed by atoms with Gasteiger partial charge in [-0.25, -0.2) is 0 Å². The first kappa shape index (κ1) is 25.5. The van der Waals surface area contributed by atoms with Gasteiger partial charge in [0.25, 0.3) is 0 Å². The van der Waals surface area contributed by atoms with Crippen LogP contribution < -0.4 is 9.47 Å². The molecular weight excluding hydrogens is 406 g/mol. The van der Waals surface area contributed by atoms with Gasteiger partial charge in [0.05, 0.1) is 30.1 Å². The standard InChI is InChI=1S/C27H40ClNO2/c1-3-5-7-9-11-13-19-30-24-17-15-23(16-18-24)27-26(28)21-25(22-29-27)31-20-14-12-10-8-6-4-2/h15-18,21-22H,3-14,19-20H2,1-2H3. The Balaban J connectivity index is 1.73. The Kier molecular flexibility index (Phi) is 13.1. The summed E-state index contributed by atoms with van der Waals surface area (Å²) < 4.78 is 11.7. The quantitative estimate of drug-likeness (QED) is 0.228. The molecule has 1 aromatic carbocycles. The SMILES string of the molecule is CCCCCCCCOc1ccc(-c2ncc(OCCCCCCCC)cc2Cl)cc1. The molecule has 2 rings (SSSR count). The van der Waals surface area contributed by atoms with Gasteiger partial charge in [0, 0.05) is 11.6 Å². The lowest BCUT2D eigenvalue weighted by atomic mass is 10.1. The number of benzene rings is 1. The lowest BCUT2D eigenvalue weighted by Crippen LogP contribution is -1.99. The third-order valence-corrected chi connectivity index (χ3v) is 5.77. The Morgan fingerprint density at radius 1 is 0.677 bits per heavy atom. The van der Waals surface area contributed by atoms with Crippen molar-refractivity contribution in [3.63, 3.8) is 0 Å². The molecule has 1 aromatic heterocycles. The molecule has 4 heteroatoms. The maximum Gasteiger partial charge on any atom is 0.139 e. The molecule has 0 amide bonds. The van der Waals surface area contributed by atoms with Crippen LogP contribution in [0.25, 0.3) is 11.3 Å². The van der Waals surface area contributed by atoms with Gasteiger partial charge in [-0.1, -0.05) is 89.7 Å². The molecule has 172 valence electrons. The largest absolute Gasteiger partial charge is 0.494 e. The minimum Gasteiger partial charge on any atom is -0.494 e. The Bertz CT molecular complexity index is 718. The molecule has 2 aromatic rings. The first-order chi connectivity index (χ1) is 15.2. The lowest BCUT2D eigenvalue weighted by molar-refractivity contribution is 0.303. The number of aromatic nitrogens is 1. The van der Waals surface area contributed by atoms with E-state index in [1.54, 1.807) is 6.20 Å². The summed E-state index contributed by atoms with van der Waals surface area (Å²) in [6.45, 7) is 5.97. The molecule has 0 aliphatic carbocycles. The fourth-order valence-corrected chi connectivity index (χ4v) is 3.83. The Morgan fingerprint density at radius 3 is 1.74 bits per heavy atom. The van der Waals surface area contributed by atoms with E-state index in [4.69, 9.17) is 21.1 Å². The van der Waals surface area contributed by atoms with Gasteiger partial charge in [0.1, 0.15) is 11.5 Å². The molecule has 0 atom stereocenters. The molecule has 0 bridgehead atoms. The van der Waals surface area contributed by atoms with E-state index < -0.39 is 0 Å². The van der Waals surface area contributed by atoms with E-state index in [2.05, 4.69) is 18.8 Å². The van der Waals surface area contributed by atoms with Gasteiger partial charge in [-0.2, -0.15) is 0 Å². The normalized spacial score (nSPS) is 10.9. The topological polar surface area (TPSA) is 31.4 Å². The van der Waals surface area contributed by atoms with Gasteiger partial charge in [-0.05, 0) is 37.1 Å². The predicted molar refractivity (Wildman–Crippen MR) is 132 cm³/mol.